The van der Waals surface area contributed by atoms with E-state index in [0.717, 1.165) is 16.6 Å². The molecule has 0 bridgehead atoms. The molecule has 0 saturated heterocycles. The highest BCUT2D eigenvalue weighted by Gasteiger charge is 2.23. The van der Waals surface area contributed by atoms with Crippen molar-refractivity contribution < 1.29 is 14.3 Å². The number of ketones is 1. The molecule has 0 fully saturated rings. The first-order valence-electron chi connectivity index (χ1n) is 5.79. The standard InChI is InChI=1S/C14H15NO3/c1-8-13(14(17)9(2)18-10(3)16)11-6-4-5-7-12(11)15-8/h4-7,9,15H,1-3H3/t9-/m0/s1. The molecule has 1 heterocycles. The molecule has 0 aliphatic carbocycles. The van der Waals surface area contributed by atoms with E-state index in [1.807, 2.05) is 31.2 Å². The van der Waals surface area contributed by atoms with Gasteiger partial charge in [-0.2, -0.15) is 0 Å². The predicted molar refractivity (Wildman–Crippen MR) is 68.6 cm³/mol. The van der Waals surface area contributed by atoms with Crippen molar-refractivity contribution >= 4 is 22.7 Å². The van der Waals surface area contributed by atoms with E-state index >= 15 is 0 Å². The minimum atomic E-state index is -0.764. The lowest BCUT2D eigenvalue weighted by atomic mass is 10.0. The number of Topliss-reactive ketones (excluding diaryl/α,β-unsaturated/α-hetero) is 1. The van der Waals surface area contributed by atoms with Crippen molar-refractivity contribution in [2.45, 2.75) is 26.9 Å². The van der Waals surface area contributed by atoms with Gasteiger partial charge in [0.15, 0.2) is 6.10 Å². The number of benzene rings is 1. The van der Waals surface area contributed by atoms with Crippen LogP contribution in [0.25, 0.3) is 10.9 Å². The van der Waals surface area contributed by atoms with Gasteiger partial charge in [0.1, 0.15) is 0 Å². The summed E-state index contributed by atoms with van der Waals surface area (Å²) in [6.07, 6.45) is -0.764. The number of aromatic nitrogens is 1. The Morgan fingerprint density at radius 1 is 1.28 bits per heavy atom. The second-order valence-electron chi connectivity index (χ2n) is 4.29. The van der Waals surface area contributed by atoms with Crippen LogP contribution >= 0.6 is 0 Å². The fraction of sp³-hybridized carbons (Fsp3) is 0.286. The van der Waals surface area contributed by atoms with Gasteiger partial charge in [0.25, 0.3) is 0 Å². The number of carbonyl (C=O) groups is 2. The van der Waals surface area contributed by atoms with E-state index in [4.69, 9.17) is 4.74 Å². The number of ether oxygens (including phenoxy) is 1. The number of rotatable bonds is 3. The number of hydrogen-bond acceptors (Lipinski definition) is 3. The van der Waals surface area contributed by atoms with E-state index in [0.29, 0.717) is 5.56 Å². The molecule has 0 unspecified atom stereocenters. The molecule has 2 aromatic rings. The zero-order chi connectivity index (χ0) is 13.3. The van der Waals surface area contributed by atoms with Crippen molar-refractivity contribution in [2.24, 2.45) is 0 Å². The van der Waals surface area contributed by atoms with Crippen LogP contribution in [0.4, 0.5) is 0 Å². The van der Waals surface area contributed by atoms with Crippen LogP contribution in [0.1, 0.15) is 29.9 Å². The Kier molecular flexibility index (Phi) is 3.19. The SMILES string of the molecule is CC(=O)O[C@@H](C)C(=O)c1c(C)[nH]c2ccccc12. The van der Waals surface area contributed by atoms with Crippen LogP contribution in [0.15, 0.2) is 24.3 Å². The first kappa shape index (κ1) is 12.4. The maximum Gasteiger partial charge on any atom is 0.303 e. The molecular formula is C14H15NO3. The van der Waals surface area contributed by atoms with Gasteiger partial charge in [0.2, 0.25) is 5.78 Å². The number of hydrogen-bond donors (Lipinski definition) is 1. The average Bonchev–Trinajstić information content (AvgIpc) is 2.63. The molecule has 1 aromatic heterocycles. The van der Waals surface area contributed by atoms with E-state index < -0.39 is 12.1 Å². The Bertz CT molecular complexity index is 613. The molecule has 1 atom stereocenters. The van der Waals surface area contributed by atoms with Crippen LogP contribution in [-0.2, 0) is 9.53 Å². The van der Waals surface area contributed by atoms with E-state index in [9.17, 15) is 9.59 Å². The number of esters is 1. The maximum absolute atomic E-state index is 12.3. The van der Waals surface area contributed by atoms with Crippen molar-refractivity contribution in [1.82, 2.24) is 4.98 Å². The summed E-state index contributed by atoms with van der Waals surface area (Å²) in [6.45, 7) is 4.73. The third-order valence-electron chi connectivity index (χ3n) is 2.85. The van der Waals surface area contributed by atoms with E-state index in [-0.39, 0.29) is 5.78 Å². The van der Waals surface area contributed by atoms with Gasteiger partial charge in [0, 0.05) is 29.1 Å². The molecule has 0 aliphatic rings. The summed E-state index contributed by atoms with van der Waals surface area (Å²) >= 11 is 0. The molecule has 94 valence electrons. The van der Waals surface area contributed by atoms with Crippen LogP contribution in [0.3, 0.4) is 0 Å². The van der Waals surface area contributed by atoms with Gasteiger partial charge in [-0.3, -0.25) is 9.59 Å². The first-order chi connectivity index (χ1) is 8.50. The first-order valence-corrected chi connectivity index (χ1v) is 5.79. The van der Waals surface area contributed by atoms with Crippen molar-refractivity contribution in [1.29, 1.82) is 0 Å². The quantitative estimate of drug-likeness (QED) is 0.668. The van der Waals surface area contributed by atoms with Gasteiger partial charge in [-0.15, -0.1) is 0 Å². The molecule has 0 saturated carbocycles. The number of carbonyl (C=O) groups excluding carboxylic acids is 2. The highest BCUT2D eigenvalue weighted by atomic mass is 16.5. The second-order valence-corrected chi connectivity index (χ2v) is 4.29. The molecule has 4 nitrogen and oxygen atoms in total. The lowest BCUT2D eigenvalue weighted by Crippen LogP contribution is -2.23. The monoisotopic (exact) mass is 245 g/mol. The Hall–Kier alpha value is -2.10. The van der Waals surface area contributed by atoms with Gasteiger partial charge in [0.05, 0.1) is 0 Å². The lowest BCUT2D eigenvalue weighted by molar-refractivity contribution is -0.143. The molecule has 0 amide bonds. The van der Waals surface area contributed by atoms with Gasteiger partial charge < -0.3 is 9.72 Å². The van der Waals surface area contributed by atoms with Crippen molar-refractivity contribution in [3.05, 3.63) is 35.5 Å². The van der Waals surface area contributed by atoms with Crippen LogP contribution in [0.2, 0.25) is 0 Å². The number of para-hydroxylation sites is 1. The minimum absolute atomic E-state index is 0.180. The third kappa shape index (κ3) is 2.14. The van der Waals surface area contributed by atoms with Crippen molar-refractivity contribution in [3.63, 3.8) is 0 Å². The summed E-state index contributed by atoms with van der Waals surface area (Å²) in [5.74, 6) is -0.631. The molecule has 4 heteroatoms. The number of aryl methyl sites for hydroxylation is 1. The summed E-state index contributed by atoms with van der Waals surface area (Å²) < 4.78 is 4.94. The maximum atomic E-state index is 12.3. The van der Waals surface area contributed by atoms with E-state index in [1.54, 1.807) is 6.92 Å². The molecule has 2 rings (SSSR count). The summed E-state index contributed by atoms with van der Waals surface area (Å²) in [7, 11) is 0. The third-order valence-corrected chi connectivity index (χ3v) is 2.85. The van der Waals surface area contributed by atoms with Crippen LogP contribution in [-0.4, -0.2) is 22.8 Å². The molecule has 1 N–H and O–H groups in total. The summed E-state index contributed by atoms with van der Waals surface area (Å²) in [5.41, 5.74) is 2.30. The summed E-state index contributed by atoms with van der Waals surface area (Å²) in [6, 6.07) is 7.58. The van der Waals surface area contributed by atoms with E-state index in [1.165, 1.54) is 6.92 Å². The lowest BCUT2D eigenvalue weighted by Gasteiger charge is -2.10. The molecular weight excluding hydrogens is 230 g/mol. The predicted octanol–water partition coefficient (Wildman–Crippen LogP) is 2.61. The molecule has 0 radical (unpaired) electrons. The second kappa shape index (κ2) is 4.64. The molecule has 0 aliphatic heterocycles. The van der Waals surface area contributed by atoms with Gasteiger partial charge in [-0.1, -0.05) is 18.2 Å². The highest BCUT2D eigenvalue weighted by molar-refractivity contribution is 6.11. The van der Waals surface area contributed by atoms with Crippen molar-refractivity contribution in [3.8, 4) is 0 Å². The van der Waals surface area contributed by atoms with E-state index in [2.05, 4.69) is 4.98 Å². The zero-order valence-corrected chi connectivity index (χ0v) is 10.6. The average molecular weight is 245 g/mol. The molecule has 0 spiro atoms. The van der Waals surface area contributed by atoms with Crippen LogP contribution in [0.5, 0.6) is 0 Å². The highest BCUT2D eigenvalue weighted by Crippen LogP contribution is 2.23. The summed E-state index contributed by atoms with van der Waals surface area (Å²) in [4.78, 5) is 26.3. The Morgan fingerprint density at radius 3 is 2.61 bits per heavy atom. The largest absolute Gasteiger partial charge is 0.454 e. The topological polar surface area (TPSA) is 59.2 Å². The minimum Gasteiger partial charge on any atom is -0.454 e. The normalized spacial score (nSPS) is 12.4. The smallest absolute Gasteiger partial charge is 0.303 e. The van der Waals surface area contributed by atoms with Gasteiger partial charge in [-0.25, -0.2) is 0 Å². The fourth-order valence-electron chi connectivity index (χ4n) is 2.10. The van der Waals surface area contributed by atoms with Gasteiger partial charge >= 0.3 is 5.97 Å². The Balaban J connectivity index is 2.44. The van der Waals surface area contributed by atoms with Gasteiger partial charge in [-0.05, 0) is 19.9 Å². The number of nitrogens with one attached hydrogen (secondary N) is 1. The zero-order valence-electron chi connectivity index (χ0n) is 10.6. The van der Waals surface area contributed by atoms with Crippen molar-refractivity contribution in [2.75, 3.05) is 0 Å². The molecule has 1 aromatic carbocycles. The number of fused-ring (bicyclic) bond motifs is 1. The fourth-order valence-corrected chi connectivity index (χ4v) is 2.10. The Labute approximate surface area is 105 Å². The van der Waals surface area contributed by atoms with Crippen LogP contribution in [0, 0.1) is 6.92 Å². The Morgan fingerprint density at radius 2 is 1.94 bits per heavy atom. The number of H-pyrrole nitrogens is 1. The van der Waals surface area contributed by atoms with Crippen LogP contribution < -0.4 is 0 Å². The summed E-state index contributed by atoms with van der Waals surface area (Å²) in [5, 5.41) is 0.860. The molecule has 18 heavy (non-hydrogen) atoms. The number of aromatic amines is 1.